The lowest BCUT2D eigenvalue weighted by molar-refractivity contribution is -0.300. The van der Waals surface area contributed by atoms with Gasteiger partial charge in [0.15, 0.2) is 6.29 Å². The normalized spacial score (nSPS) is 35.5. The molecule has 7 N–H and O–H groups in total. The molecule has 2 fully saturated rings. The van der Waals surface area contributed by atoms with Gasteiger partial charge >= 0.3 is 5.97 Å². The summed E-state index contributed by atoms with van der Waals surface area (Å²) in [5.41, 5.74) is 1.01. The summed E-state index contributed by atoms with van der Waals surface area (Å²) in [5, 5.41) is 76.1. The second-order valence-corrected chi connectivity index (χ2v) is 19.2. The second kappa shape index (κ2) is 23.4. The molecule has 2 aromatic rings. The molecule has 14 atom stereocenters. The minimum atomic E-state index is -1.79. The number of hydroxylamine groups is 1. The first-order valence-corrected chi connectivity index (χ1v) is 22.9. The number of amides is 1. The van der Waals surface area contributed by atoms with Crippen LogP contribution in [0.2, 0.25) is 0 Å². The van der Waals surface area contributed by atoms with Gasteiger partial charge in [-0.3, -0.25) is 24.4 Å². The van der Waals surface area contributed by atoms with Crippen molar-refractivity contribution in [2.45, 2.75) is 192 Å². The molecule has 0 unspecified atom stereocenters. The van der Waals surface area contributed by atoms with E-state index in [1.807, 2.05) is 68.0 Å². The molecular weight excluding hydrogens is 813 g/mol. The van der Waals surface area contributed by atoms with Crippen molar-refractivity contribution >= 4 is 11.9 Å². The molecule has 1 aromatic carbocycles. The highest BCUT2D eigenvalue weighted by atomic mass is 16.7. The van der Waals surface area contributed by atoms with Crippen molar-refractivity contribution in [2.24, 2.45) is 17.8 Å². The number of aliphatic hydroxyl groups excluding tert-OH is 3. The number of nitrogens with one attached hydrogen (secondary N) is 1. The van der Waals surface area contributed by atoms with Crippen molar-refractivity contribution in [3.63, 3.8) is 0 Å². The van der Waals surface area contributed by atoms with E-state index in [-0.39, 0.29) is 36.8 Å². The predicted octanol–water partition coefficient (Wildman–Crippen LogP) is 3.65. The van der Waals surface area contributed by atoms with Crippen LogP contribution >= 0.6 is 0 Å². The highest BCUT2D eigenvalue weighted by molar-refractivity contribution is 5.74. The number of cyclic esters (lactones) is 1. The zero-order chi connectivity index (χ0) is 46.8. The van der Waals surface area contributed by atoms with Gasteiger partial charge in [-0.1, -0.05) is 69.5 Å². The molecule has 17 heteroatoms. The molecule has 17 nitrogen and oxygen atoms in total. The summed E-state index contributed by atoms with van der Waals surface area (Å²) in [6, 6.07) is 7.13. The number of carbonyl (C=O) groups is 2. The number of hydrogen-bond acceptors (Lipinski definition) is 15. The average molecular weight is 891 g/mol. The van der Waals surface area contributed by atoms with Gasteiger partial charge in [-0.25, -0.2) is 5.48 Å². The maximum Gasteiger partial charge on any atom is 0.311 e. The third-order valence-electron chi connectivity index (χ3n) is 13.5. The van der Waals surface area contributed by atoms with Crippen LogP contribution in [0.3, 0.4) is 0 Å². The fraction of sp³-hybridized carbons (Fsp3) is 0.783. The topological polar surface area (TPSA) is 232 Å². The number of carbonyl (C=O) groups excluding carboxylic acids is 2. The molecule has 2 aliphatic rings. The number of ether oxygens (including phenoxy) is 3. The Morgan fingerprint density at radius 1 is 1.00 bits per heavy atom. The van der Waals surface area contributed by atoms with Crippen molar-refractivity contribution in [2.75, 3.05) is 20.6 Å². The molecule has 2 saturated heterocycles. The van der Waals surface area contributed by atoms with E-state index < -0.39 is 71.9 Å². The minimum absolute atomic E-state index is 0.154. The molecule has 63 heavy (non-hydrogen) atoms. The third-order valence-corrected chi connectivity index (χ3v) is 13.5. The van der Waals surface area contributed by atoms with Crippen LogP contribution in [0.25, 0.3) is 11.3 Å². The molecule has 0 spiro atoms. The summed E-state index contributed by atoms with van der Waals surface area (Å²) >= 11 is 0. The molecule has 0 saturated carbocycles. The quantitative estimate of drug-likeness (QED) is 0.0586. The average Bonchev–Trinajstić information content (AvgIpc) is 3.72. The number of rotatable bonds is 15. The molecule has 0 radical (unpaired) electrons. The summed E-state index contributed by atoms with van der Waals surface area (Å²) in [7, 11) is 3.76. The van der Waals surface area contributed by atoms with E-state index >= 15 is 0 Å². The van der Waals surface area contributed by atoms with Gasteiger partial charge in [0.05, 0.1) is 36.0 Å². The number of esters is 1. The van der Waals surface area contributed by atoms with E-state index in [2.05, 4.69) is 15.2 Å². The van der Waals surface area contributed by atoms with Gasteiger partial charge in [0, 0.05) is 49.6 Å². The summed E-state index contributed by atoms with van der Waals surface area (Å²) in [6.45, 7) is 15.4. The lowest BCUT2D eigenvalue weighted by Gasteiger charge is -2.47. The van der Waals surface area contributed by atoms with Crippen molar-refractivity contribution in [3.05, 3.63) is 36.0 Å². The van der Waals surface area contributed by atoms with Gasteiger partial charge in [-0.15, -0.1) is 5.10 Å². The maximum absolute atomic E-state index is 13.6. The number of likely N-dealkylation sites (N-methyl/N-ethyl adjacent to an activating group) is 2. The van der Waals surface area contributed by atoms with Crippen molar-refractivity contribution in [3.8, 4) is 11.3 Å². The number of benzene rings is 1. The Bertz CT molecular complexity index is 1710. The smallest absolute Gasteiger partial charge is 0.311 e. The van der Waals surface area contributed by atoms with Crippen LogP contribution in [0.5, 0.6) is 0 Å². The lowest BCUT2D eigenvalue weighted by Crippen LogP contribution is -2.59. The Hall–Kier alpha value is -3.10. The fourth-order valence-corrected chi connectivity index (χ4v) is 9.53. The van der Waals surface area contributed by atoms with Crippen LogP contribution < -0.4 is 5.48 Å². The first-order valence-electron chi connectivity index (χ1n) is 22.9. The summed E-state index contributed by atoms with van der Waals surface area (Å²) in [6.07, 6.45) is 0.376. The molecule has 0 bridgehead atoms. The Morgan fingerprint density at radius 2 is 1.65 bits per heavy atom. The van der Waals surface area contributed by atoms with Gasteiger partial charge in [0.2, 0.25) is 5.91 Å². The third kappa shape index (κ3) is 14.0. The first-order chi connectivity index (χ1) is 29.6. The van der Waals surface area contributed by atoms with Crippen molar-refractivity contribution in [1.29, 1.82) is 0 Å². The zero-order valence-electron chi connectivity index (χ0n) is 39.3. The molecule has 2 aliphatic heterocycles. The summed E-state index contributed by atoms with van der Waals surface area (Å²) < 4.78 is 20.5. The van der Waals surface area contributed by atoms with Gasteiger partial charge in [-0.05, 0) is 92.3 Å². The lowest BCUT2D eigenvalue weighted by atomic mass is 9.78. The standard InChI is InChI=1S/C46H78N6O11/c1-11-37-46(8,59)41(56)32(6)50(9)25-28(2)24-45(7,58)42(30(4)39(54)31(5)43(57)62-37)63-44-40(55)36(23-29(3)61-44)51(10)26-33-18-20-34(21-19-33)35-27-52(49-47-35)22-16-14-12-13-15-17-38(53)48-60/h18-21,27-32,36-37,39-42,44,54-56,58-60H,11-17,22-26H2,1-10H3,(H,48,53)/t28-,29-,30+,31-,32-,36+,37-,39+,40+,41-,42-,44+,45-,46-/m1/s1. The summed E-state index contributed by atoms with van der Waals surface area (Å²) in [5.74, 6) is -3.22. The van der Waals surface area contributed by atoms with E-state index in [4.69, 9.17) is 19.4 Å². The number of aromatic nitrogens is 3. The predicted molar refractivity (Wildman–Crippen MR) is 236 cm³/mol. The molecule has 0 aliphatic carbocycles. The largest absolute Gasteiger partial charge is 0.459 e. The molecule has 358 valence electrons. The van der Waals surface area contributed by atoms with Gasteiger partial charge in [0.1, 0.15) is 29.6 Å². The molecule has 1 aromatic heterocycles. The van der Waals surface area contributed by atoms with Crippen molar-refractivity contribution < 1.29 is 54.5 Å². The number of aryl methyl sites for hydroxylation is 1. The van der Waals surface area contributed by atoms with Crippen LogP contribution in [0.4, 0.5) is 0 Å². The van der Waals surface area contributed by atoms with Crippen LogP contribution in [-0.2, 0) is 36.9 Å². The molecule has 4 rings (SSSR count). The fourth-order valence-electron chi connectivity index (χ4n) is 9.53. The van der Waals surface area contributed by atoms with Crippen LogP contribution in [0, 0.1) is 17.8 Å². The second-order valence-electron chi connectivity index (χ2n) is 19.2. The highest BCUT2D eigenvalue weighted by Crippen LogP contribution is 2.37. The van der Waals surface area contributed by atoms with E-state index in [1.165, 1.54) is 13.8 Å². The number of aliphatic hydroxyl groups is 5. The van der Waals surface area contributed by atoms with E-state index in [0.717, 1.165) is 55.5 Å². The number of nitrogens with zero attached hydrogens (tertiary/aromatic N) is 5. The Balaban J connectivity index is 1.45. The van der Waals surface area contributed by atoms with Crippen LogP contribution in [-0.4, -0.2) is 154 Å². The maximum atomic E-state index is 13.6. The SMILES string of the molecule is CC[C@H]1OC(=O)[C@H](C)[C@@H](O)[C@H](C)[C@@H](O[C@@H]2O[C@H](C)C[C@H](N(C)Cc3ccc(-c4cn(CCCCCCCC(=O)NO)nn4)cc3)[C@@H]2O)[C@](C)(O)C[C@@H](C)CN(C)[C@H](C)[C@@H](O)[C@]1(C)O. The van der Waals surface area contributed by atoms with Crippen molar-refractivity contribution in [1.82, 2.24) is 30.3 Å². The van der Waals surface area contributed by atoms with Gasteiger partial charge in [-0.2, -0.15) is 0 Å². The Labute approximate surface area is 374 Å². The van der Waals surface area contributed by atoms with Crippen LogP contribution in [0.15, 0.2) is 30.5 Å². The molecule has 3 heterocycles. The molecular formula is C46H78N6O11. The Morgan fingerprint density at radius 3 is 2.30 bits per heavy atom. The molecule has 1 amide bonds. The minimum Gasteiger partial charge on any atom is -0.459 e. The van der Waals surface area contributed by atoms with Gasteiger partial charge in [0.25, 0.3) is 0 Å². The zero-order valence-corrected chi connectivity index (χ0v) is 39.3. The van der Waals surface area contributed by atoms with E-state index in [9.17, 15) is 35.1 Å². The summed E-state index contributed by atoms with van der Waals surface area (Å²) in [4.78, 5) is 28.7. The highest BCUT2D eigenvalue weighted by Gasteiger charge is 2.50. The van der Waals surface area contributed by atoms with E-state index in [1.54, 1.807) is 33.2 Å². The number of unbranched alkanes of at least 4 members (excludes halogenated alkanes) is 4. The first kappa shape index (κ1) is 52.5. The number of hydrogen-bond donors (Lipinski definition) is 7. The monoisotopic (exact) mass is 891 g/mol. The van der Waals surface area contributed by atoms with E-state index in [0.29, 0.717) is 25.9 Å². The van der Waals surface area contributed by atoms with Crippen LogP contribution in [0.1, 0.15) is 119 Å². The van der Waals surface area contributed by atoms with Gasteiger partial charge < -0.3 is 44.6 Å². The Kier molecular flexibility index (Phi) is 19.5.